The number of rotatable bonds is 5. The first-order chi connectivity index (χ1) is 7.52. The van der Waals surface area contributed by atoms with Gasteiger partial charge >= 0.3 is 5.97 Å². The van der Waals surface area contributed by atoms with E-state index < -0.39 is 5.97 Å². The molecule has 0 saturated heterocycles. The van der Waals surface area contributed by atoms with Crippen molar-refractivity contribution in [3.05, 3.63) is 10.6 Å². The van der Waals surface area contributed by atoms with Crippen LogP contribution in [0.1, 0.15) is 30.3 Å². The summed E-state index contributed by atoms with van der Waals surface area (Å²) in [5.41, 5.74) is 0.789. The number of aryl methyl sites for hydroxylation is 2. The topological polar surface area (TPSA) is 79.3 Å². The lowest BCUT2D eigenvalue weighted by molar-refractivity contribution is -0.136. The summed E-state index contributed by atoms with van der Waals surface area (Å²) < 4.78 is 0. The number of anilines is 1. The Balaban J connectivity index is 2.66. The van der Waals surface area contributed by atoms with Gasteiger partial charge in [-0.3, -0.25) is 9.59 Å². The molecule has 0 aliphatic rings. The monoisotopic (exact) mass is 242 g/mol. The summed E-state index contributed by atoms with van der Waals surface area (Å²) in [6, 6.07) is 0. The van der Waals surface area contributed by atoms with Gasteiger partial charge in [0.2, 0.25) is 5.91 Å². The molecule has 0 bridgehead atoms. The molecule has 0 radical (unpaired) electrons. The van der Waals surface area contributed by atoms with Crippen LogP contribution in [-0.4, -0.2) is 22.0 Å². The number of carboxylic acid groups (broad SMARTS) is 1. The minimum atomic E-state index is -0.827. The Morgan fingerprint density at radius 1 is 1.50 bits per heavy atom. The quantitative estimate of drug-likeness (QED) is 0.825. The number of amides is 1. The lowest BCUT2D eigenvalue weighted by Gasteiger charge is -1.95. The lowest BCUT2D eigenvalue weighted by atomic mass is 10.2. The summed E-state index contributed by atoms with van der Waals surface area (Å²) in [7, 11) is 0. The highest BCUT2D eigenvalue weighted by Gasteiger charge is 2.10. The summed E-state index contributed by atoms with van der Waals surface area (Å²) in [6.07, 6.45) is 0.952. The Morgan fingerprint density at radius 3 is 2.75 bits per heavy atom. The number of carboxylic acids is 1. The van der Waals surface area contributed by atoms with E-state index in [4.69, 9.17) is 5.11 Å². The molecule has 2 N–H and O–H groups in total. The van der Waals surface area contributed by atoms with E-state index in [2.05, 4.69) is 10.3 Å². The summed E-state index contributed by atoms with van der Waals surface area (Å²) in [5.74, 6) is -0.912. The SMILES string of the molecule is CCC(=O)Nc1nc(C)c(CCC(=O)O)s1. The van der Waals surface area contributed by atoms with Gasteiger partial charge in [0.05, 0.1) is 12.1 Å². The van der Waals surface area contributed by atoms with Crippen molar-refractivity contribution in [2.75, 3.05) is 5.32 Å². The molecule has 0 saturated carbocycles. The zero-order chi connectivity index (χ0) is 12.1. The Hall–Kier alpha value is -1.43. The minimum Gasteiger partial charge on any atom is -0.481 e. The smallest absolute Gasteiger partial charge is 0.303 e. The van der Waals surface area contributed by atoms with E-state index in [0.29, 0.717) is 18.0 Å². The van der Waals surface area contributed by atoms with Crippen molar-refractivity contribution in [1.29, 1.82) is 0 Å². The van der Waals surface area contributed by atoms with Crippen LogP contribution < -0.4 is 5.32 Å². The average Bonchev–Trinajstić information content (AvgIpc) is 2.55. The number of nitrogens with one attached hydrogen (secondary N) is 1. The summed E-state index contributed by atoms with van der Waals surface area (Å²) >= 11 is 1.34. The fraction of sp³-hybridized carbons (Fsp3) is 0.500. The van der Waals surface area contributed by atoms with Crippen LogP contribution in [0.2, 0.25) is 0 Å². The Labute approximate surface area is 97.5 Å². The maximum Gasteiger partial charge on any atom is 0.303 e. The third-order valence-corrected chi connectivity index (χ3v) is 3.16. The van der Waals surface area contributed by atoms with Gasteiger partial charge in [-0.1, -0.05) is 6.92 Å². The van der Waals surface area contributed by atoms with Gasteiger partial charge in [-0.2, -0.15) is 0 Å². The lowest BCUT2D eigenvalue weighted by Crippen LogP contribution is -2.08. The number of aromatic nitrogens is 1. The molecular weight excluding hydrogens is 228 g/mol. The zero-order valence-corrected chi connectivity index (χ0v) is 10.1. The molecule has 5 nitrogen and oxygen atoms in total. The molecule has 88 valence electrons. The third kappa shape index (κ3) is 3.62. The Morgan fingerprint density at radius 2 is 2.19 bits per heavy atom. The van der Waals surface area contributed by atoms with E-state index in [1.807, 2.05) is 6.92 Å². The first kappa shape index (κ1) is 12.6. The molecule has 0 unspecified atom stereocenters. The minimum absolute atomic E-state index is 0.0847. The number of nitrogens with zero attached hydrogens (tertiary/aromatic N) is 1. The van der Waals surface area contributed by atoms with Crippen LogP contribution in [0.15, 0.2) is 0 Å². The van der Waals surface area contributed by atoms with Crippen LogP contribution in [0.25, 0.3) is 0 Å². The number of thiazole rings is 1. The molecule has 0 aliphatic carbocycles. The second kappa shape index (κ2) is 5.60. The Bertz CT molecular complexity index is 401. The second-order valence-electron chi connectivity index (χ2n) is 3.32. The highest BCUT2D eigenvalue weighted by molar-refractivity contribution is 7.15. The van der Waals surface area contributed by atoms with E-state index >= 15 is 0 Å². The molecular formula is C10H14N2O3S. The molecule has 16 heavy (non-hydrogen) atoms. The first-order valence-electron chi connectivity index (χ1n) is 5.01. The molecule has 1 rings (SSSR count). The maximum atomic E-state index is 11.1. The van der Waals surface area contributed by atoms with Gasteiger partial charge in [0.25, 0.3) is 0 Å². The standard InChI is InChI=1S/C10H14N2O3S/c1-3-8(13)12-10-11-6(2)7(16-10)4-5-9(14)15/h3-5H2,1-2H3,(H,14,15)(H,11,12,13). The Kier molecular flexibility index (Phi) is 4.42. The molecule has 0 aliphatic heterocycles. The predicted molar refractivity (Wildman–Crippen MR) is 61.7 cm³/mol. The number of carbonyl (C=O) groups is 2. The van der Waals surface area contributed by atoms with Gasteiger partial charge in [0, 0.05) is 11.3 Å². The second-order valence-corrected chi connectivity index (χ2v) is 4.41. The molecule has 1 heterocycles. The van der Waals surface area contributed by atoms with Crippen molar-refractivity contribution in [3.8, 4) is 0 Å². The van der Waals surface area contributed by atoms with E-state index in [1.54, 1.807) is 6.92 Å². The van der Waals surface area contributed by atoms with Crippen molar-refractivity contribution in [2.24, 2.45) is 0 Å². The molecule has 0 spiro atoms. The van der Waals surface area contributed by atoms with Crippen molar-refractivity contribution in [2.45, 2.75) is 33.1 Å². The maximum absolute atomic E-state index is 11.1. The zero-order valence-electron chi connectivity index (χ0n) is 9.24. The highest BCUT2D eigenvalue weighted by atomic mass is 32.1. The molecule has 6 heteroatoms. The predicted octanol–water partition coefficient (Wildman–Crippen LogP) is 1.82. The average molecular weight is 242 g/mol. The molecule has 0 aromatic carbocycles. The summed E-state index contributed by atoms with van der Waals surface area (Å²) in [5, 5.41) is 11.8. The largest absolute Gasteiger partial charge is 0.481 e. The van der Waals surface area contributed by atoms with Crippen LogP contribution in [0, 0.1) is 6.92 Å². The van der Waals surface area contributed by atoms with Crippen LogP contribution in [0.4, 0.5) is 5.13 Å². The molecule has 0 fully saturated rings. The third-order valence-electron chi connectivity index (χ3n) is 2.03. The molecule has 1 amide bonds. The molecule has 1 aromatic heterocycles. The van der Waals surface area contributed by atoms with Crippen molar-refractivity contribution in [1.82, 2.24) is 4.98 Å². The van der Waals surface area contributed by atoms with Crippen molar-refractivity contribution < 1.29 is 14.7 Å². The van der Waals surface area contributed by atoms with Crippen molar-refractivity contribution >= 4 is 28.3 Å². The van der Waals surface area contributed by atoms with Gasteiger partial charge in [0.15, 0.2) is 5.13 Å². The van der Waals surface area contributed by atoms with E-state index in [1.165, 1.54) is 11.3 Å². The van der Waals surface area contributed by atoms with Crippen LogP contribution in [0.5, 0.6) is 0 Å². The van der Waals surface area contributed by atoms with E-state index in [-0.39, 0.29) is 12.3 Å². The van der Waals surface area contributed by atoms with Gasteiger partial charge in [-0.15, -0.1) is 11.3 Å². The van der Waals surface area contributed by atoms with Gasteiger partial charge in [0.1, 0.15) is 0 Å². The summed E-state index contributed by atoms with van der Waals surface area (Å²) in [6.45, 7) is 3.58. The van der Waals surface area contributed by atoms with Crippen LogP contribution >= 0.6 is 11.3 Å². The van der Waals surface area contributed by atoms with Crippen LogP contribution in [-0.2, 0) is 16.0 Å². The van der Waals surface area contributed by atoms with E-state index in [9.17, 15) is 9.59 Å². The van der Waals surface area contributed by atoms with Gasteiger partial charge < -0.3 is 10.4 Å². The fourth-order valence-electron chi connectivity index (χ4n) is 1.14. The highest BCUT2D eigenvalue weighted by Crippen LogP contribution is 2.23. The first-order valence-corrected chi connectivity index (χ1v) is 5.82. The fourth-order valence-corrected chi connectivity index (χ4v) is 2.12. The number of hydrogen-bond donors (Lipinski definition) is 2. The van der Waals surface area contributed by atoms with Gasteiger partial charge in [-0.25, -0.2) is 4.98 Å². The van der Waals surface area contributed by atoms with Crippen LogP contribution in [0.3, 0.4) is 0 Å². The molecule has 1 aromatic rings. The van der Waals surface area contributed by atoms with Crippen molar-refractivity contribution in [3.63, 3.8) is 0 Å². The normalized spacial score (nSPS) is 10.1. The number of carbonyl (C=O) groups excluding carboxylic acids is 1. The number of hydrogen-bond acceptors (Lipinski definition) is 4. The van der Waals surface area contributed by atoms with Gasteiger partial charge in [-0.05, 0) is 13.3 Å². The number of aliphatic carboxylic acids is 1. The summed E-state index contributed by atoms with van der Waals surface area (Å²) in [4.78, 5) is 26.6. The van der Waals surface area contributed by atoms with E-state index in [0.717, 1.165) is 10.6 Å². The molecule has 0 atom stereocenters.